The minimum Gasteiger partial charge on any atom is -0.398 e. The largest absolute Gasteiger partial charge is 0.398 e. The van der Waals surface area contributed by atoms with Gasteiger partial charge in [0.1, 0.15) is 0 Å². The number of nitrogens with zero attached hydrogens (tertiary/aromatic N) is 1. The molecule has 1 saturated carbocycles. The van der Waals surface area contributed by atoms with Crippen molar-refractivity contribution >= 4 is 23.2 Å². The number of rotatable bonds is 4. The Morgan fingerprint density at radius 1 is 1.35 bits per heavy atom. The van der Waals surface area contributed by atoms with Crippen molar-refractivity contribution in [1.29, 1.82) is 0 Å². The maximum Gasteiger partial charge on any atom is 0.222 e. The molecule has 0 heterocycles. The maximum absolute atomic E-state index is 12.2. The normalized spacial score (nSPS) is 16.1. The van der Waals surface area contributed by atoms with Crippen LogP contribution in [0.4, 0.5) is 5.69 Å². The van der Waals surface area contributed by atoms with Crippen molar-refractivity contribution in [3.05, 3.63) is 28.8 Å². The van der Waals surface area contributed by atoms with Crippen molar-refractivity contribution in [2.24, 2.45) is 0 Å². The van der Waals surface area contributed by atoms with E-state index in [0.717, 1.165) is 24.8 Å². The molecule has 4 heteroatoms. The highest BCUT2D eigenvalue weighted by molar-refractivity contribution is 6.33. The lowest BCUT2D eigenvalue weighted by Crippen LogP contribution is -2.38. The van der Waals surface area contributed by atoms with Crippen molar-refractivity contribution in [2.75, 3.05) is 12.8 Å². The van der Waals surface area contributed by atoms with E-state index in [4.69, 9.17) is 17.3 Å². The molecule has 2 N–H and O–H groups in total. The van der Waals surface area contributed by atoms with Gasteiger partial charge < -0.3 is 10.6 Å². The van der Waals surface area contributed by atoms with E-state index in [0.29, 0.717) is 23.2 Å². The Balaban J connectivity index is 1.86. The molecule has 0 aromatic heterocycles. The molecular weight excluding hydrogens is 272 g/mol. The number of benzene rings is 1. The van der Waals surface area contributed by atoms with Crippen molar-refractivity contribution in [1.82, 2.24) is 4.90 Å². The van der Waals surface area contributed by atoms with Gasteiger partial charge in [-0.25, -0.2) is 0 Å². The van der Waals surface area contributed by atoms with Crippen LogP contribution >= 0.6 is 11.6 Å². The molecule has 0 aliphatic heterocycles. The predicted octanol–water partition coefficient (Wildman–Crippen LogP) is 3.65. The summed E-state index contributed by atoms with van der Waals surface area (Å²) < 4.78 is 0. The number of aryl methyl sites for hydroxylation is 1. The summed E-state index contributed by atoms with van der Waals surface area (Å²) in [5, 5.41) is 0.569. The number of halogens is 1. The molecule has 110 valence electrons. The zero-order valence-corrected chi connectivity index (χ0v) is 12.8. The van der Waals surface area contributed by atoms with E-state index in [-0.39, 0.29) is 5.91 Å². The predicted molar refractivity (Wildman–Crippen MR) is 83.8 cm³/mol. The second-order valence-corrected chi connectivity index (χ2v) is 6.06. The lowest BCUT2D eigenvalue weighted by atomic mass is 9.94. The van der Waals surface area contributed by atoms with Gasteiger partial charge in [0.05, 0.1) is 10.7 Å². The van der Waals surface area contributed by atoms with Crippen LogP contribution in [0.25, 0.3) is 0 Å². The molecule has 1 aliphatic carbocycles. The van der Waals surface area contributed by atoms with Crippen molar-refractivity contribution in [2.45, 2.75) is 51.0 Å². The topological polar surface area (TPSA) is 46.3 Å². The van der Waals surface area contributed by atoms with Crippen molar-refractivity contribution in [3.63, 3.8) is 0 Å². The van der Waals surface area contributed by atoms with E-state index in [2.05, 4.69) is 0 Å². The molecule has 0 spiro atoms. The van der Waals surface area contributed by atoms with Gasteiger partial charge in [0.25, 0.3) is 0 Å². The molecule has 0 unspecified atom stereocenters. The Hall–Kier alpha value is -1.22. The number of hydrogen-bond acceptors (Lipinski definition) is 2. The average Bonchev–Trinajstić information content (AvgIpc) is 2.48. The number of nitrogens with two attached hydrogens (primary N) is 1. The van der Waals surface area contributed by atoms with E-state index in [1.54, 1.807) is 6.07 Å². The van der Waals surface area contributed by atoms with Crippen LogP contribution in [0.15, 0.2) is 18.2 Å². The number of anilines is 1. The molecular formula is C16H23ClN2O. The first kappa shape index (κ1) is 15.2. The summed E-state index contributed by atoms with van der Waals surface area (Å²) in [6, 6.07) is 6.02. The Morgan fingerprint density at radius 2 is 2.05 bits per heavy atom. The molecule has 1 fully saturated rings. The number of amides is 1. The van der Waals surface area contributed by atoms with Gasteiger partial charge in [-0.15, -0.1) is 0 Å². The SMILES string of the molecule is CN(C(=O)CCc1ccc(Cl)c(N)c1)C1CCCCC1. The molecule has 2 rings (SSSR count). The average molecular weight is 295 g/mol. The summed E-state index contributed by atoms with van der Waals surface area (Å²) >= 11 is 5.90. The van der Waals surface area contributed by atoms with Crippen molar-refractivity contribution in [3.8, 4) is 0 Å². The summed E-state index contributed by atoms with van der Waals surface area (Å²) in [4.78, 5) is 14.2. The highest BCUT2D eigenvalue weighted by Crippen LogP contribution is 2.23. The third kappa shape index (κ3) is 3.89. The first-order valence-corrected chi connectivity index (χ1v) is 7.75. The van der Waals surface area contributed by atoms with Crippen LogP contribution in [0.5, 0.6) is 0 Å². The van der Waals surface area contributed by atoms with Crippen LogP contribution in [0.1, 0.15) is 44.1 Å². The standard InChI is InChI=1S/C16H23ClN2O/c1-19(13-5-3-2-4-6-13)16(20)10-8-12-7-9-14(17)15(18)11-12/h7,9,11,13H,2-6,8,10,18H2,1H3. The molecule has 1 amide bonds. The zero-order valence-electron chi connectivity index (χ0n) is 12.1. The molecule has 0 bridgehead atoms. The lowest BCUT2D eigenvalue weighted by molar-refractivity contribution is -0.132. The van der Waals surface area contributed by atoms with E-state index < -0.39 is 0 Å². The summed E-state index contributed by atoms with van der Waals surface area (Å²) in [5.41, 5.74) is 7.42. The highest BCUT2D eigenvalue weighted by Gasteiger charge is 2.21. The van der Waals surface area contributed by atoms with Gasteiger partial charge >= 0.3 is 0 Å². The summed E-state index contributed by atoms with van der Waals surface area (Å²) in [6.45, 7) is 0. The molecule has 1 aromatic carbocycles. The molecule has 0 radical (unpaired) electrons. The van der Waals surface area contributed by atoms with Gasteiger partial charge in [-0.1, -0.05) is 36.9 Å². The fourth-order valence-electron chi connectivity index (χ4n) is 2.85. The third-order valence-corrected chi connectivity index (χ3v) is 4.55. The Kier molecular flexibility index (Phi) is 5.30. The maximum atomic E-state index is 12.2. The van der Waals surface area contributed by atoms with Crippen LogP contribution in [0.3, 0.4) is 0 Å². The van der Waals surface area contributed by atoms with Crippen molar-refractivity contribution < 1.29 is 4.79 Å². The van der Waals surface area contributed by atoms with E-state index in [1.165, 1.54) is 19.3 Å². The summed E-state index contributed by atoms with van der Waals surface area (Å²) in [7, 11) is 1.94. The van der Waals surface area contributed by atoms with Crippen LogP contribution < -0.4 is 5.73 Å². The number of hydrogen-bond donors (Lipinski definition) is 1. The van der Waals surface area contributed by atoms with E-state index in [9.17, 15) is 4.79 Å². The van der Waals surface area contributed by atoms with Gasteiger partial charge in [0, 0.05) is 19.5 Å². The van der Waals surface area contributed by atoms with Crippen LogP contribution in [-0.2, 0) is 11.2 Å². The van der Waals surface area contributed by atoms with Gasteiger partial charge in [0.15, 0.2) is 0 Å². The van der Waals surface area contributed by atoms with E-state index >= 15 is 0 Å². The molecule has 20 heavy (non-hydrogen) atoms. The molecule has 1 aliphatic rings. The Bertz CT molecular complexity index is 470. The van der Waals surface area contributed by atoms with Gasteiger partial charge in [-0.2, -0.15) is 0 Å². The number of carbonyl (C=O) groups is 1. The highest BCUT2D eigenvalue weighted by atomic mass is 35.5. The summed E-state index contributed by atoms with van der Waals surface area (Å²) in [6.07, 6.45) is 7.35. The smallest absolute Gasteiger partial charge is 0.222 e. The number of nitrogen functional groups attached to an aromatic ring is 1. The molecule has 1 aromatic rings. The first-order valence-electron chi connectivity index (χ1n) is 7.37. The second kappa shape index (κ2) is 6.98. The zero-order chi connectivity index (χ0) is 14.5. The third-order valence-electron chi connectivity index (χ3n) is 4.20. The minimum atomic E-state index is 0.227. The quantitative estimate of drug-likeness (QED) is 0.862. The monoisotopic (exact) mass is 294 g/mol. The van der Waals surface area contributed by atoms with Gasteiger partial charge in [-0.05, 0) is 37.0 Å². The minimum absolute atomic E-state index is 0.227. The van der Waals surface area contributed by atoms with Crippen LogP contribution in [-0.4, -0.2) is 23.9 Å². The number of carbonyl (C=O) groups excluding carboxylic acids is 1. The van der Waals surface area contributed by atoms with Crippen LogP contribution in [0, 0.1) is 0 Å². The first-order chi connectivity index (χ1) is 9.58. The fourth-order valence-corrected chi connectivity index (χ4v) is 2.97. The summed E-state index contributed by atoms with van der Waals surface area (Å²) in [5.74, 6) is 0.227. The molecule has 0 saturated heterocycles. The molecule has 3 nitrogen and oxygen atoms in total. The van der Waals surface area contributed by atoms with Crippen LogP contribution in [0.2, 0.25) is 5.02 Å². The Labute approximate surface area is 126 Å². The van der Waals surface area contributed by atoms with Gasteiger partial charge in [-0.3, -0.25) is 4.79 Å². The Morgan fingerprint density at radius 3 is 2.70 bits per heavy atom. The molecule has 0 atom stereocenters. The second-order valence-electron chi connectivity index (χ2n) is 5.65. The van der Waals surface area contributed by atoms with E-state index in [1.807, 2.05) is 24.1 Å². The van der Waals surface area contributed by atoms with Gasteiger partial charge in [0.2, 0.25) is 5.91 Å². The fraction of sp³-hybridized carbons (Fsp3) is 0.562. The lowest BCUT2D eigenvalue weighted by Gasteiger charge is -2.31.